The van der Waals surface area contributed by atoms with Crippen molar-refractivity contribution in [3.05, 3.63) is 48.8 Å². The molecule has 0 amide bonds. The number of nitrogens with zero attached hydrogens (tertiary/aromatic N) is 3. The summed E-state index contributed by atoms with van der Waals surface area (Å²) in [4.78, 5) is 13.0. The van der Waals surface area contributed by atoms with Gasteiger partial charge in [0.25, 0.3) is 0 Å². The third-order valence-corrected chi connectivity index (χ3v) is 5.65. The van der Waals surface area contributed by atoms with Crippen LogP contribution in [0.1, 0.15) is 0 Å². The van der Waals surface area contributed by atoms with Gasteiger partial charge in [0.15, 0.2) is 0 Å². The zero-order valence-corrected chi connectivity index (χ0v) is 13.9. The molecule has 1 N–H and O–H groups in total. The number of pyridine rings is 1. The van der Waals surface area contributed by atoms with Gasteiger partial charge in [-0.2, -0.15) is 0 Å². The fourth-order valence-electron chi connectivity index (χ4n) is 4.48. The average Bonchev–Trinajstić information content (AvgIpc) is 3.28. The first-order valence-corrected chi connectivity index (χ1v) is 8.74. The van der Waals surface area contributed by atoms with Crippen LogP contribution >= 0.6 is 0 Å². The van der Waals surface area contributed by atoms with Crippen LogP contribution in [0.15, 0.2) is 48.8 Å². The second kappa shape index (κ2) is 5.35. The SMILES string of the molecule is CN1CC2CN(c3ccc(-c4cccc5[nH]ccc45)cn3)CC2C1. The summed E-state index contributed by atoms with van der Waals surface area (Å²) >= 11 is 0. The van der Waals surface area contributed by atoms with Crippen molar-refractivity contribution >= 4 is 16.7 Å². The van der Waals surface area contributed by atoms with Gasteiger partial charge in [0.05, 0.1) is 0 Å². The third-order valence-electron chi connectivity index (χ3n) is 5.65. The number of aromatic nitrogens is 2. The average molecular weight is 318 g/mol. The molecule has 2 unspecified atom stereocenters. The summed E-state index contributed by atoms with van der Waals surface area (Å²) in [5.74, 6) is 2.74. The Kier molecular flexibility index (Phi) is 3.13. The lowest BCUT2D eigenvalue weighted by Crippen LogP contribution is -2.27. The predicted octanol–water partition coefficient (Wildman–Crippen LogP) is 3.23. The van der Waals surface area contributed by atoms with Crippen molar-refractivity contribution < 1.29 is 0 Å². The number of fused-ring (bicyclic) bond motifs is 2. The van der Waals surface area contributed by atoms with Crippen molar-refractivity contribution in [3.63, 3.8) is 0 Å². The molecule has 0 aliphatic carbocycles. The van der Waals surface area contributed by atoms with Crippen molar-refractivity contribution in [3.8, 4) is 11.1 Å². The summed E-state index contributed by atoms with van der Waals surface area (Å²) in [6.07, 6.45) is 4.02. The molecule has 0 bridgehead atoms. The maximum absolute atomic E-state index is 4.78. The van der Waals surface area contributed by atoms with Gasteiger partial charge in [-0.25, -0.2) is 4.98 Å². The molecular weight excluding hydrogens is 296 g/mol. The quantitative estimate of drug-likeness (QED) is 0.788. The van der Waals surface area contributed by atoms with E-state index in [0.717, 1.165) is 30.7 Å². The second-order valence-electron chi connectivity index (χ2n) is 7.30. The normalized spacial score (nSPS) is 24.0. The molecule has 2 fully saturated rings. The third kappa shape index (κ3) is 2.21. The second-order valence-corrected chi connectivity index (χ2v) is 7.30. The summed E-state index contributed by atoms with van der Waals surface area (Å²) in [6, 6.07) is 12.9. The van der Waals surface area contributed by atoms with E-state index in [2.05, 4.69) is 58.2 Å². The number of likely N-dealkylation sites (tertiary alicyclic amines) is 1. The number of hydrogen-bond donors (Lipinski definition) is 1. The van der Waals surface area contributed by atoms with E-state index in [4.69, 9.17) is 4.98 Å². The number of H-pyrrole nitrogens is 1. The first-order valence-electron chi connectivity index (χ1n) is 8.74. The molecule has 5 rings (SSSR count). The van der Waals surface area contributed by atoms with Crippen LogP contribution in [0.3, 0.4) is 0 Å². The van der Waals surface area contributed by atoms with Crippen LogP contribution in [-0.4, -0.2) is 48.1 Å². The Balaban J connectivity index is 1.41. The van der Waals surface area contributed by atoms with Gasteiger partial charge >= 0.3 is 0 Å². The van der Waals surface area contributed by atoms with E-state index >= 15 is 0 Å². The molecule has 4 heterocycles. The Morgan fingerprint density at radius 2 is 1.83 bits per heavy atom. The molecule has 0 spiro atoms. The molecule has 2 saturated heterocycles. The van der Waals surface area contributed by atoms with Crippen molar-refractivity contribution in [2.45, 2.75) is 0 Å². The highest BCUT2D eigenvalue weighted by Crippen LogP contribution is 2.33. The van der Waals surface area contributed by atoms with E-state index in [0.29, 0.717) is 0 Å². The van der Waals surface area contributed by atoms with Crippen molar-refractivity contribution in [1.82, 2.24) is 14.9 Å². The maximum Gasteiger partial charge on any atom is 0.128 e. The first-order chi connectivity index (χ1) is 11.8. The molecule has 4 nitrogen and oxygen atoms in total. The fraction of sp³-hybridized carbons (Fsp3) is 0.350. The molecule has 2 aliphatic rings. The Bertz CT molecular complexity index is 853. The Morgan fingerprint density at radius 3 is 2.58 bits per heavy atom. The van der Waals surface area contributed by atoms with Gasteiger partial charge in [-0.1, -0.05) is 12.1 Å². The highest BCUT2D eigenvalue weighted by Gasteiger charge is 2.38. The van der Waals surface area contributed by atoms with Gasteiger partial charge < -0.3 is 14.8 Å². The zero-order chi connectivity index (χ0) is 16.1. The largest absolute Gasteiger partial charge is 0.361 e. The van der Waals surface area contributed by atoms with Crippen LogP contribution in [0.4, 0.5) is 5.82 Å². The molecule has 0 saturated carbocycles. The number of hydrogen-bond acceptors (Lipinski definition) is 3. The summed E-state index contributed by atoms with van der Waals surface area (Å²) in [6.45, 7) is 4.76. The standard InChI is InChI=1S/C20H22N4/c1-23-10-15-12-24(13-16(15)11-23)20-6-5-14(9-22-20)17-3-2-4-19-18(17)7-8-21-19/h2-9,15-16,21H,10-13H2,1H3. The van der Waals surface area contributed by atoms with Gasteiger partial charge in [-0.15, -0.1) is 0 Å². The van der Waals surface area contributed by atoms with Gasteiger partial charge in [0.2, 0.25) is 0 Å². The number of aromatic amines is 1. The molecule has 24 heavy (non-hydrogen) atoms. The fourth-order valence-corrected chi connectivity index (χ4v) is 4.48. The minimum Gasteiger partial charge on any atom is -0.361 e. The van der Waals surface area contributed by atoms with Crippen molar-refractivity contribution in [2.24, 2.45) is 11.8 Å². The molecule has 2 aromatic heterocycles. The predicted molar refractivity (Wildman–Crippen MR) is 98.2 cm³/mol. The smallest absolute Gasteiger partial charge is 0.128 e. The van der Waals surface area contributed by atoms with Crippen LogP contribution in [0.25, 0.3) is 22.0 Å². The number of benzene rings is 1. The van der Waals surface area contributed by atoms with E-state index in [1.807, 2.05) is 12.4 Å². The van der Waals surface area contributed by atoms with E-state index in [-0.39, 0.29) is 0 Å². The maximum atomic E-state index is 4.78. The van der Waals surface area contributed by atoms with E-state index in [9.17, 15) is 0 Å². The molecule has 4 heteroatoms. The van der Waals surface area contributed by atoms with Crippen LogP contribution in [0.2, 0.25) is 0 Å². The lowest BCUT2D eigenvalue weighted by atomic mass is 10.0. The lowest BCUT2D eigenvalue weighted by molar-refractivity contribution is 0.387. The first kappa shape index (κ1) is 14.1. The number of anilines is 1. The van der Waals surface area contributed by atoms with Crippen molar-refractivity contribution in [2.75, 3.05) is 38.1 Å². The van der Waals surface area contributed by atoms with Crippen LogP contribution in [-0.2, 0) is 0 Å². The summed E-state index contributed by atoms with van der Waals surface area (Å²) in [7, 11) is 2.23. The Hall–Kier alpha value is -2.33. The molecule has 3 aromatic rings. The molecular formula is C20H22N4. The molecule has 0 radical (unpaired) electrons. The van der Waals surface area contributed by atoms with E-state index in [1.54, 1.807) is 0 Å². The van der Waals surface area contributed by atoms with Gasteiger partial charge in [0.1, 0.15) is 5.82 Å². The minimum atomic E-state index is 0.810. The molecule has 2 atom stereocenters. The zero-order valence-electron chi connectivity index (χ0n) is 13.9. The minimum absolute atomic E-state index is 0.810. The topological polar surface area (TPSA) is 35.2 Å². The van der Waals surface area contributed by atoms with Crippen LogP contribution in [0, 0.1) is 11.8 Å². The Labute approximate surface area is 142 Å². The van der Waals surface area contributed by atoms with Crippen LogP contribution < -0.4 is 4.90 Å². The van der Waals surface area contributed by atoms with E-state index in [1.165, 1.54) is 35.1 Å². The number of rotatable bonds is 2. The molecule has 1 aromatic carbocycles. The highest BCUT2D eigenvalue weighted by molar-refractivity contribution is 5.94. The van der Waals surface area contributed by atoms with E-state index < -0.39 is 0 Å². The summed E-state index contributed by atoms with van der Waals surface area (Å²) in [5.41, 5.74) is 3.60. The summed E-state index contributed by atoms with van der Waals surface area (Å²) < 4.78 is 0. The molecule has 2 aliphatic heterocycles. The Morgan fingerprint density at radius 1 is 1.00 bits per heavy atom. The molecule has 122 valence electrons. The number of nitrogens with one attached hydrogen (secondary N) is 1. The van der Waals surface area contributed by atoms with Crippen molar-refractivity contribution in [1.29, 1.82) is 0 Å². The van der Waals surface area contributed by atoms with Crippen LogP contribution in [0.5, 0.6) is 0 Å². The monoisotopic (exact) mass is 318 g/mol. The van der Waals surface area contributed by atoms with Gasteiger partial charge in [-0.05, 0) is 48.7 Å². The highest BCUT2D eigenvalue weighted by atomic mass is 15.3. The lowest BCUT2D eigenvalue weighted by Gasteiger charge is -2.20. The van der Waals surface area contributed by atoms with Gasteiger partial charge in [-0.3, -0.25) is 0 Å². The van der Waals surface area contributed by atoms with Gasteiger partial charge in [0, 0.05) is 55.0 Å². The summed E-state index contributed by atoms with van der Waals surface area (Å²) in [5, 5.41) is 1.26.